The van der Waals surface area contributed by atoms with Crippen LogP contribution in [0.1, 0.15) is 12.0 Å². The number of aryl methyl sites for hydroxylation is 1. The summed E-state index contributed by atoms with van der Waals surface area (Å²) in [7, 11) is -0.833. The molecule has 0 amide bonds. The van der Waals surface area contributed by atoms with Crippen LogP contribution in [-0.2, 0) is 10.8 Å². The molecule has 3 heteroatoms. The summed E-state index contributed by atoms with van der Waals surface area (Å²) >= 11 is 0. The SMILES string of the molecule is Cc1ccccc1S(=O)C1CCNC1. The Morgan fingerprint density at radius 1 is 1.43 bits per heavy atom. The molecule has 1 aliphatic heterocycles. The van der Waals surface area contributed by atoms with Crippen molar-refractivity contribution in [3.8, 4) is 0 Å². The van der Waals surface area contributed by atoms with E-state index in [0.717, 1.165) is 30.0 Å². The van der Waals surface area contributed by atoms with Gasteiger partial charge in [0.15, 0.2) is 0 Å². The Labute approximate surface area is 87.2 Å². The Kier molecular flexibility index (Phi) is 2.99. The van der Waals surface area contributed by atoms with Crippen molar-refractivity contribution < 1.29 is 4.21 Å². The van der Waals surface area contributed by atoms with Crippen LogP contribution in [-0.4, -0.2) is 22.5 Å². The van der Waals surface area contributed by atoms with Crippen LogP contribution in [0.5, 0.6) is 0 Å². The molecule has 1 aromatic carbocycles. The maximum Gasteiger partial charge on any atom is 0.0576 e. The molecule has 2 nitrogen and oxygen atoms in total. The molecule has 0 spiro atoms. The summed E-state index contributed by atoms with van der Waals surface area (Å²) in [6.07, 6.45) is 1.03. The molecule has 14 heavy (non-hydrogen) atoms. The van der Waals surface area contributed by atoms with E-state index in [4.69, 9.17) is 0 Å². The topological polar surface area (TPSA) is 29.1 Å². The van der Waals surface area contributed by atoms with E-state index in [9.17, 15) is 4.21 Å². The van der Waals surface area contributed by atoms with E-state index in [1.54, 1.807) is 0 Å². The molecule has 1 saturated heterocycles. The first-order valence-corrected chi connectivity index (χ1v) is 6.17. The van der Waals surface area contributed by atoms with Gasteiger partial charge in [0, 0.05) is 11.4 Å². The number of hydrogen-bond donors (Lipinski definition) is 1. The second kappa shape index (κ2) is 4.24. The van der Waals surface area contributed by atoms with E-state index in [0.29, 0.717) is 5.25 Å². The van der Waals surface area contributed by atoms with Crippen LogP contribution >= 0.6 is 0 Å². The molecule has 1 aliphatic rings. The molecule has 1 aromatic rings. The van der Waals surface area contributed by atoms with Gasteiger partial charge in [-0.15, -0.1) is 0 Å². The molecule has 1 fully saturated rings. The van der Waals surface area contributed by atoms with Gasteiger partial charge in [0.05, 0.1) is 16.0 Å². The van der Waals surface area contributed by atoms with E-state index in [2.05, 4.69) is 5.32 Å². The molecular weight excluding hydrogens is 194 g/mol. The van der Waals surface area contributed by atoms with Gasteiger partial charge in [-0.3, -0.25) is 4.21 Å². The van der Waals surface area contributed by atoms with Gasteiger partial charge in [0.1, 0.15) is 0 Å². The Morgan fingerprint density at radius 3 is 2.86 bits per heavy atom. The number of rotatable bonds is 2. The highest BCUT2D eigenvalue weighted by atomic mass is 32.2. The number of nitrogens with one attached hydrogen (secondary N) is 1. The Morgan fingerprint density at radius 2 is 2.21 bits per heavy atom. The number of benzene rings is 1. The van der Waals surface area contributed by atoms with Gasteiger partial charge in [-0.2, -0.15) is 0 Å². The molecule has 1 N–H and O–H groups in total. The fourth-order valence-corrected chi connectivity index (χ4v) is 3.33. The molecule has 0 aliphatic carbocycles. The lowest BCUT2D eigenvalue weighted by Gasteiger charge is -2.10. The Balaban J connectivity index is 2.22. The summed E-state index contributed by atoms with van der Waals surface area (Å²) in [5, 5.41) is 3.55. The first kappa shape index (κ1) is 9.87. The Hall–Kier alpha value is -0.670. The van der Waals surface area contributed by atoms with E-state index < -0.39 is 10.8 Å². The van der Waals surface area contributed by atoms with Crippen LogP contribution in [0.15, 0.2) is 29.2 Å². The minimum Gasteiger partial charge on any atom is -0.315 e. The molecular formula is C11H15NOS. The third-order valence-electron chi connectivity index (χ3n) is 2.63. The van der Waals surface area contributed by atoms with Crippen LogP contribution in [0.3, 0.4) is 0 Å². The van der Waals surface area contributed by atoms with Gasteiger partial charge >= 0.3 is 0 Å². The monoisotopic (exact) mass is 209 g/mol. The third kappa shape index (κ3) is 1.88. The first-order valence-electron chi connectivity index (χ1n) is 4.96. The second-order valence-electron chi connectivity index (χ2n) is 3.68. The van der Waals surface area contributed by atoms with Crippen LogP contribution in [0.2, 0.25) is 0 Å². The predicted molar refractivity (Wildman–Crippen MR) is 58.9 cm³/mol. The van der Waals surface area contributed by atoms with Gasteiger partial charge in [-0.05, 0) is 31.5 Å². The molecule has 2 rings (SSSR count). The van der Waals surface area contributed by atoms with Crippen molar-refractivity contribution in [2.45, 2.75) is 23.5 Å². The maximum absolute atomic E-state index is 12.1. The van der Waals surface area contributed by atoms with Crippen molar-refractivity contribution in [2.24, 2.45) is 0 Å². The van der Waals surface area contributed by atoms with Crippen molar-refractivity contribution in [1.29, 1.82) is 0 Å². The average Bonchev–Trinajstić information content (AvgIpc) is 2.70. The molecule has 76 valence electrons. The molecule has 0 saturated carbocycles. The summed E-state index contributed by atoms with van der Waals surface area (Å²) in [6.45, 7) is 3.92. The smallest absolute Gasteiger partial charge is 0.0576 e. The zero-order chi connectivity index (χ0) is 9.97. The summed E-state index contributed by atoms with van der Waals surface area (Å²) in [4.78, 5) is 1.00. The largest absolute Gasteiger partial charge is 0.315 e. The first-order chi connectivity index (χ1) is 6.79. The van der Waals surface area contributed by atoms with E-state index >= 15 is 0 Å². The predicted octanol–water partition coefficient (Wildman–Crippen LogP) is 1.46. The van der Waals surface area contributed by atoms with E-state index in [-0.39, 0.29) is 0 Å². The van der Waals surface area contributed by atoms with Crippen LogP contribution in [0.4, 0.5) is 0 Å². The summed E-state index contributed by atoms with van der Waals surface area (Å²) < 4.78 is 12.1. The minimum absolute atomic E-state index is 0.302. The van der Waals surface area contributed by atoms with Gasteiger partial charge in [-0.25, -0.2) is 0 Å². The van der Waals surface area contributed by atoms with Crippen molar-refractivity contribution >= 4 is 10.8 Å². The lowest BCUT2D eigenvalue weighted by Crippen LogP contribution is -2.19. The molecule has 2 atom stereocenters. The minimum atomic E-state index is -0.833. The fourth-order valence-electron chi connectivity index (χ4n) is 1.77. The van der Waals surface area contributed by atoms with Crippen molar-refractivity contribution in [3.05, 3.63) is 29.8 Å². The highest BCUT2D eigenvalue weighted by Crippen LogP contribution is 2.18. The third-order valence-corrected chi connectivity index (χ3v) is 4.53. The fraction of sp³-hybridized carbons (Fsp3) is 0.455. The summed E-state index contributed by atoms with van der Waals surface area (Å²) in [6, 6.07) is 7.95. The molecule has 0 aromatic heterocycles. The van der Waals surface area contributed by atoms with Gasteiger partial charge in [-0.1, -0.05) is 18.2 Å². The summed E-state index contributed by atoms with van der Waals surface area (Å²) in [5.41, 5.74) is 1.14. The molecule has 2 unspecified atom stereocenters. The lowest BCUT2D eigenvalue weighted by molar-refractivity contribution is 0.672. The van der Waals surface area contributed by atoms with E-state index in [1.807, 2.05) is 31.2 Å². The zero-order valence-corrected chi connectivity index (χ0v) is 9.14. The van der Waals surface area contributed by atoms with Crippen LogP contribution in [0, 0.1) is 6.92 Å². The van der Waals surface area contributed by atoms with Crippen LogP contribution < -0.4 is 5.32 Å². The molecule has 0 bridgehead atoms. The zero-order valence-electron chi connectivity index (χ0n) is 8.32. The normalized spacial score (nSPS) is 23.6. The van der Waals surface area contributed by atoms with Gasteiger partial charge < -0.3 is 5.32 Å². The lowest BCUT2D eigenvalue weighted by atomic mass is 10.2. The highest BCUT2D eigenvalue weighted by Gasteiger charge is 2.22. The maximum atomic E-state index is 12.1. The number of hydrogen-bond acceptors (Lipinski definition) is 2. The van der Waals surface area contributed by atoms with Crippen molar-refractivity contribution in [3.63, 3.8) is 0 Å². The van der Waals surface area contributed by atoms with Gasteiger partial charge in [0.2, 0.25) is 0 Å². The van der Waals surface area contributed by atoms with Crippen molar-refractivity contribution in [1.82, 2.24) is 5.32 Å². The quantitative estimate of drug-likeness (QED) is 0.799. The molecule has 0 radical (unpaired) electrons. The highest BCUT2D eigenvalue weighted by molar-refractivity contribution is 7.85. The standard InChI is InChI=1S/C11H15NOS/c1-9-4-2-3-5-11(9)14(13)10-6-7-12-8-10/h2-5,10,12H,6-8H2,1H3. The Bertz CT molecular complexity index is 345. The van der Waals surface area contributed by atoms with Gasteiger partial charge in [0.25, 0.3) is 0 Å². The average molecular weight is 209 g/mol. The molecule has 1 heterocycles. The second-order valence-corrected chi connectivity index (χ2v) is 5.38. The van der Waals surface area contributed by atoms with Crippen molar-refractivity contribution in [2.75, 3.05) is 13.1 Å². The summed E-state index contributed by atoms with van der Waals surface area (Å²) in [5.74, 6) is 0. The van der Waals surface area contributed by atoms with Crippen LogP contribution in [0.25, 0.3) is 0 Å². The van der Waals surface area contributed by atoms with E-state index in [1.165, 1.54) is 0 Å².